The molecule has 0 aliphatic carbocycles. The molecule has 0 fully saturated rings. The van der Waals surface area contributed by atoms with E-state index < -0.39 is 0 Å². The Bertz CT molecular complexity index is 1060. The van der Waals surface area contributed by atoms with Gasteiger partial charge in [-0.05, 0) is 45.7 Å². The van der Waals surface area contributed by atoms with Crippen LogP contribution in [0.4, 0.5) is 0 Å². The van der Waals surface area contributed by atoms with Gasteiger partial charge in [0.1, 0.15) is 0 Å². The Kier molecular flexibility index (Phi) is 5.19. The molecule has 0 N–H and O–H groups in total. The van der Waals surface area contributed by atoms with E-state index in [0.717, 1.165) is 17.5 Å². The van der Waals surface area contributed by atoms with E-state index in [1.807, 2.05) is 24.3 Å². The monoisotopic (exact) mass is 394 g/mol. The van der Waals surface area contributed by atoms with Gasteiger partial charge in [0.25, 0.3) is 0 Å². The van der Waals surface area contributed by atoms with Crippen LogP contribution in [0.25, 0.3) is 11.4 Å². The third-order valence-corrected chi connectivity index (χ3v) is 5.22. The zero-order valence-corrected chi connectivity index (χ0v) is 15.9. The maximum absolute atomic E-state index is 6.36. The van der Waals surface area contributed by atoms with Crippen molar-refractivity contribution < 1.29 is 0 Å². The Morgan fingerprint density at radius 1 is 0.778 bits per heavy atom. The number of benzene rings is 3. The maximum atomic E-state index is 6.36. The van der Waals surface area contributed by atoms with Crippen LogP contribution in [0.3, 0.4) is 0 Å². The first-order chi connectivity index (χ1) is 13.2. The van der Waals surface area contributed by atoms with Crippen molar-refractivity contribution in [3.8, 4) is 11.4 Å². The van der Waals surface area contributed by atoms with E-state index in [2.05, 4.69) is 58.0 Å². The molecule has 27 heavy (non-hydrogen) atoms. The molecule has 6 heteroatoms. The molecule has 0 radical (unpaired) electrons. The summed E-state index contributed by atoms with van der Waals surface area (Å²) in [7, 11) is 0. The first kappa shape index (κ1) is 17.7. The summed E-state index contributed by atoms with van der Waals surface area (Å²) < 4.78 is 1.75. The molecule has 0 bridgehead atoms. The smallest absolute Gasteiger partial charge is 0.183 e. The second-order valence-corrected chi connectivity index (χ2v) is 6.98. The third kappa shape index (κ3) is 3.87. The molecule has 4 rings (SSSR count). The molecule has 0 atom stereocenters. The Balaban J connectivity index is 1.67. The molecular weight excluding hydrogens is 379 g/mol. The van der Waals surface area contributed by atoms with Crippen molar-refractivity contribution in [2.75, 3.05) is 0 Å². The number of tetrazole rings is 1. The van der Waals surface area contributed by atoms with Crippen molar-refractivity contribution in [1.29, 1.82) is 0 Å². The summed E-state index contributed by atoms with van der Waals surface area (Å²) in [4.78, 5) is 0. The first-order valence-electron chi connectivity index (χ1n) is 8.53. The van der Waals surface area contributed by atoms with E-state index in [1.165, 1.54) is 11.1 Å². The topological polar surface area (TPSA) is 43.6 Å². The standard InChI is InChI=1S/C21H16Cl2N4/c22-19-12-6-11-18(20(19)23)21-24-25-26-27(21)14-17-10-5-4-9-16(17)13-15-7-2-1-3-8-15/h1-12H,13-14H2. The summed E-state index contributed by atoms with van der Waals surface area (Å²) >= 11 is 12.5. The van der Waals surface area contributed by atoms with E-state index in [9.17, 15) is 0 Å². The van der Waals surface area contributed by atoms with Gasteiger partial charge < -0.3 is 0 Å². The highest BCUT2D eigenvalue weighted by Gasteiger charge is 2.15. The van der Waals surface area contributed by atoms with Crippen molar-refractivity contribution in [3.05, 3.63) is 99.5 Å². The Hall–Kier alpha value is -2.69. The predicted molar refractivity (Wildman–Crippen MR) is 108 cm³/mol. The molecule has 0 aliphatic rings. The van der Waals surface area contributed by atoms with Gasteiger partial charge in [-0.2, -0.15) is 0 Å². The van der Waals surface area contributed by atoms with Crippen LogP contribution in [-0.4, -0.2) is 20.2 Å². The summed E-state index contributed by atoms with van der Waals surface area (Å²) in [6.07, 6.45) is 0.854. The molecule has 0 amide bonds. The second-order valence-electron chi connectivity index (χ2n) is 6.19. The minimum atomic E-state index is 0.452. The first-order valence-corrected chi connectivity index (χ1v) is 9.29. The number of halogens is 2. The lowest BCUT2D eigenvalue weighted by Crippen LogP contribution is -2.07. The third-order valence-electron chi connectivity index (χ3n) is 4.40. The molecule has 134 valence electrons. The van der Waals surface area contributed by atoms with Gasteiger partial charge in [0.15, 0.2) is 5.82 Å². The van der Waals surface area contributed by atoms with Crippen LogP contribution >= 0.6 is 23.2 Å². The van der Waals surface area contributed by atoms with Crippen molar-refractivity contribution in [3.63, 3.8) is 0 Å². The van der Waals surface area contributed by atoms with E-state index >= 15 is 0 Å². The van der Waals surface area contributed by atoms with Crippen molar-refractivity contribution in [1.82, 2.24) is 20.2 Å². The summed E-state index contributed by atoms with van der Waals surface area (Å²) in [6.45, 7) is 0.550. The average molecular weight is 395 g/mol. The van der Waals surface area contributed by atoms with Crippen LogP contribution in [0, 0.1) is 0 Å². The van der Waals surface area contributed by atoms with Crippen LogP contribution in [0.5, 0.6) is 0 Å². The summed E-state index contributed by atoms with van der Waals surface area (Å²) in [6, 6.07) is 24.2. The van der Waals surface area contributed by atoms with Crippen LogP contribution < -0.4 is 0 Å². The van der Waals surface area contributed by atoms with Crippen LogP contribution in [0.1, 0.15) is 16.7 Å². The fraction of sp³-hybridized carbons (Fsp3) is 0.0952. The van der Waals surface area contributed by atoms with Gasteiger partial charge >= 0.3 is 0 Å². The molecule has 0 aliphatic heterocycles. The lowest BCUT2D eigenvalue weighted by Gasteiger charge is -2.11. The van der Waals surface area contributed by atoms with Crippen LogP contribution in [0.2, 0.25) is 10.0 Å². The lowest BCUT2D eigenvalue weighted by atomic mass is 10.00. The Labute approximate surface area is 167 Å². The van der Waals surface area contributed by atoms with Crippen molar-refractivity contribution >= 4 is 23.2 Å². The maximum Gasteiger partial charge on any atom is 0.183 e. The zero-order valence-electron chi connectivity index (χ0n) is 14.4. The van der Waals surface area contributed by atoms with Crippen LogP contribution in [0.15, 0.2) is 72.8 Å². The molecule has 0 spiro atoms. The summed E-state index contributed by atoms with van der Waals surface area (Å²) in [5.74, 6) is 0.594. The number of aromatic nitrogens is 4. The molecule has 1 aromatic heterocycles. The van der Waals surface area contributed by atoms with Gasteiger partial charge in [-0.1, -0.05) is 83.9 Å². The van der Waals surface area contributed by atoms with Gasteiger partial charge in [-0.25, -0.2) is 4.68 Å². The van der Waals surface area contributed by atoms with Gasteiger partial charge in [0.05, 0.1) is 16.6 Å². The number of hydrogen-bond acceptors (Lipinski definition) is 3. The highest BCUT2D eigenvalue weighted by molar-refractivity contribution is 6.43. The normalized spacial score (nSPS) is 10.9. The fourth-order valence-corrected chi connectivity index (χ4v) is 3.43. The Morgan fingerprint density at radius 2 is 1.52 bits per heavy atom. The van der Waals surface area contributed by atoms with Gasteiger partial charge in [0.2, 0.25) is 0 Å². The minimum Gasteiger partial charge on any atom is -0.221 e. The van der Waals surface area contributed by atoms with Gasteiger partial charge in [-0.15, -0.1) is 5.10 Å². The lowest BCUT2D eigenvalue weighted by molar-refractivity contribution is 0.650. The Morgan fingerprint density at radius 3 is 2.33 bits per heavy atom. The van der Waals surface area contributed by atoms with E-state index in [4.69, 9.17) is 23.2 Å². The fourth-order valence-electron chi connectivity index (χ4n) is 3.04. The van der Waals surface area contributed by atoms with Crippen molar-refractivity contribution in [2.45, 2.75) is 13.0 Å². The zero-order chi connectivity index (χ0) is 18.6. The van der Waals surface area contributed by atoms with E-state index in [-0.39, 0.29) is 0 Å². The SMILES string of the molecule is Clc1cccc(-c2nnnn2Cc2ccccc2Cc2ccccc2)c1Cl. The van der Waals surface area contributed by atoms with E-state index in [1.54, 1.807) is 10.7 Å². The molecule has 0 unspecified atom stereocenters. The summed E-state index contributed by atoms with van der Waals surface area (Å²) in [5, 5.41) is 13.1. The largest absolute Gasteiger partial charge is 0.221 e. The van der Waals surface area contributed by atoms with Gasteiger partial charge in [-0.3, -0.25) is 0 Å². The van der Waals surface area contributed by atoms with Gasteiger partial charge in [0, 0.05) is 5.56 Å². The second kappa shape index (κ2) is 7.91. The molecular formula is C21H16Cl2N4. The van der Waals surface area contributed by atoms with Crippen LogP contribution in [-0.2, 0) is 13.0 Å². The highest BCUT2D eigenvalue weighted by atomic mass is 35.5. The number of hydrogen-bond donors (Lipinski definition) is 0. The number of nitrogens with zero attached hydrogens (tertiary/aromatic N) is 4. The molecule has 4 aromatic rings. The van der Waals surface area contributed by atoms with E-state index in [0.29, 0.717) is 22.4 Å². The predicted octanol–water partition coefficient (Wildman–Crippen LogP) is 5.29. The number of rotatable bonds is 5. The minimum absolute atomic E-state index is 0.452. The average Bonchev–Trinajstić information content (AvgIpc) is 3.14. The molecule has 4 nitrogen and oxygen atoms in total. The molecule has 3 aromatic carbocycles. The highest BCUT2D eigenvalue weighted by Crippen LogP contribution is 2.32. The quantitative estimate of drug-likeness (QED) is 0.462. The molecule has 0 saturated heterocycles. The molecule has 0 saturated carbocycles. The van der Waals surface area contributed by atoms with Crippen molar-refractivity contribution in [2.24, 2.45) is 0 Å². The molecule has 1 heterocycles. The summed E-state index contributed by atoms with van der Waals surface area (Å²) in [5.41, 5.74) is 4.38.